The summed E-state index contributed by atoms with van der Waals surface area (Å²) in [7, 11) is 0. The molecule has 0 bridgehead atoms. The molecule has 15 heavy (non-hydrogen) atoms. The summed E-state index contributed by atoms with van der Waals surface area (Å²) in [5.41, 5.74) is -0.263. The highest BCUT2D eigenvalue weighted by molar-refractivity contribution is 5.13. The maximum Gasteiger partial charge on any atom is 0.110 e. The average Bonchev–Trinajstić information content (AvgIpc) is 2.17. The molecule has 2 heteroatoms. The van der Waals surface area contributed by atoms with Gasteiger partial charge in [0.25, 0.3) is 0 Å². The summed E-state index contributed by atoms with van der Waals surface area (Å²) in [6.45, 7) is 9.73. The lowest BCUT2D eigenvalue weighted by molar-refractivity contribution is 0.120. The van der Waals surface area contributed by atoms with E-state index in [4.69, 9.17) is 0 Å². The third kappa shape index (κ3) is 2.52. The van der Waals surface area contributed by atoms with E-state index in [1.807, 2.05) is 0 Å². The van der Waals surface area contributed by atoms with Crippen LogP contribution in [0.4, 0.5) is 0 Å². The topological polar surface area (TPSA) is 35.8 Å². The van der Waals surface area contributed by atoms with Gasteiger partial charge in [-0.15, -0.1) is 0 Å². The summed E-state index contributed by atoms with van der Waals surface area (Å²) in [6.07, 6.45) is 3.48. The molecule has 0 amide bonds. The summed E-state index contributed by atoms with van der Waals surface area (Å²) >= 11 is 0. The van der Waals surface area contributed by atoms with Gasteiger partial charge in [0.2, 0.25) is 0 Å². The first-order valence-electron chi connectivity index (χ1n) is 6.22. The van der Waals surface area contributed by atoms with Crippen LogP contribution in [-0.2, 0) is 0 Å². The SMILES string of the molecule is CCNC1(C#N)CC(C)CCC1C(C)C. The molecule has 2 nitrogen and oxygen atoms in total. The van der Waals surface area contributed by atoms with E-state index in [9.17, 15) is 5.26 Å². The second-order valence-electron chi connectivity index (χ2n) is 5.35. The Balaban J connectivity index is 2.89. The first-order valence-corrected chi connectivity index (χ1v) is 6.22. The number of hydrogen-bond donors (Lipinski definition) is 1. The van der Waals surface area contributed by atoms with Crippen LogP contribution in [0.3, 0.4) is 0 Å². The monoisotopic (exact) mass is 208 g/mol. The van der Waals surface area contributed by atoms with Crippen molar-refractivity contribution in [2.75, 3.05) is 6.54 Å². The van der Waals surface area contributed by atoms with Gasteiger partial charge in [0.15, 0.2) is 0 Å². The van der Waals surface area contributed by atoms with Gasteiger partial charge in [-0.3, -0.25) is 5.32 Å². The quantitative estimate of drug-likeness (QED) is 0.774. The summed E-state index contributed by atoms with van der Waals surface area (Å²) in [5.74, 6) is 1.79. The fourth-order valence-electron chi connectivity index (χ4n) is 3.10. The van der Waals surface area contributed by atoms with Crippen LogP contribution in [0.15, 0.2) is 0 Å². The van der Waals surface area contributed by atoms with E-state index in [2.05, 4.69) is 39.1 Å². The van der Waals surface area contributed by atoms with Crippen molar-refractivity contribution in [1.29, 1.82) is 5.26 Å². The van der Waals surface area contributed by atoms with Gasteiger partial charge in [-0.2, -0.15) is 5.26 Å². The summed E-state index contributed by atoms with van der Waals surface area (Å²) in [6, 6.07) is 2.57. The van der Waals surface area contributed by atoms with E-state index >= 15 is 0 Å². The molecule has 1 aliphatic carbocycles. The minimum atomic E-state index is -0.263. The minimum Gasteiger partial charge on any atom is -0.299 e. The van der Waals surface area contributed by atoms with Crippen molar-refractivity contribution in [3.8, 4) is 6.07 Å². The standard InChI is InChI=1S/C13H24N2/c1-5-15-13(9-14)8-11(4)6-7-12(13)10(2)3/h10-12,15H,5-8H2,1-4H3. The number of nitrogens with zero attached hydrogens (tertiary/aromatic N) is 1. The largest absolute Gasteiger partial charge is 0.299 e. The highest BCUT2D eigenvalue weighted by Crippen LogP contribution is 2.40. The van der Waals surface area contributed by atoms with Gasteiger partial charge in [-0.1, -0.05) is 34.1 Å². The first kappa shape index (κ1) is 12.5. The second-order valence-corrected chi connectivity index (χ2v) is 5.35. The zero-order valence-corrected chi connectivity index (χ0v) is 10.5. The van der Waals surface area contributed by atoms with Crippen LogP contribution in [-0.4, -0.2) is 12.1 Å². The molecule has 0 aliphatic heterocycles. The Kier molecular flexibility index (Phi) is 4.16. The lowest BCUT2D eigenvalue weighted by atomic mass is 9.65. The lowest BCUT2D eigenvalue weighted by Gasteiger charge is -2.44. The molecule has 86 valence electrons. The molecule has 0 aromatic heterocycles. The van der Waals surface area contributed by atoms with Gasteiger partial charge < -0.3 is 0 Å². The molecule has 1 fully saturated rings. The fraction of sp³-hybridized carbons (Fsp3) is 0.923. The van der Waals surface area contributed by atoms with Crippen LogP contribution in [0, 0.1) is 29.1 Å². The molecule has 3 unspecified atom stereocenters. The van der Waals surface area contributed by atoms with E-state index < -0.39 is 0 Å². The Morgan fingerprint density at radius 1 is 1.47 bits per heavy atom. The molecule has 0 aromatic carbocycles. The smallest absolute Gasteiger partial charge is 0.110 e. The summed E-state index contributed by atoms with van der Waals surface area (Å²) in [5, 5.41) is 12.9. The molecule has 1 rings (SSSR count). The summed E-state index contributed by atoms with van der Waals surface area (Å²) in [4.78, 5) is 0. The summed E-state index contributed by atoms with van der Waals surface area (Å²) < 4.78 is 0. The van der Waals surface area contributed by atoms with Gasteiger partial charge in [0.1, 0.15) is 5.54 Å². The molecule has 1 N–H and O–H groups in total. The Morgan fingerprint density at radius 2 is 2.13 bits per heavy atom. The molecule has 0 radical (unpaired) electrons. The molecule has 3 atom stereocenters. The van der Waals surface area contributed by atoms with Crippen LogP contribution in [0.2, 0.25) is 0 Å². The van der Waals surface area contributed by atoms with Crippen LogP contribution < -0.4 is 5.32 Å². The van der Waals surface area contributed by atoms with Crippen molar-refractivity contribution in [1.82, 2.24) is 5.32 Å². The third-order valence-corrected chi connectivity index (χ3v) is 3.77. The molecule has 1 aliphatic rings. The minimum absolute atomic E-state index is 0.263. The van der Waals surface area contributed by atoms with Crippen molar-refractivity contribution >= 4 is 0 Å². The Morgan fingerprint density at radius 3 is 2.60 bits per heavy atom. The maximum atomic E-state index is 9.50. The van der Waals surface area contributed by atoms with Crippen LogP contribution in [0.1, 0.15) is 47.0 Å². The molecule has 0 spiro atoms. The highest BCUT2D eigenvalue weighted by atomic mass is 15.0. The molecule has 1 saturated carbocycles. The van der Waals surface area contributed by atoms with Crippen molar-refractivity contribution in [2.45, 2.75) is 52.5 Å². The molecule has 0 aromatic rings. The third-order valence-electron chi connectivity index (χ3n) is 3.77. The Hall–Kier alpha value is -0.550. The van der Waals surface area contributed by atoms with Gasteiger partial charge in [-0.05, 0) is 37.1 Å². The lowest BCUT2D eigenvalue weighted by Crippen LogP contribution is -2.55. The Bertz CT molecular complexity index is 241. The van der Waals surface area contributed by atoms with E-state index in [1.165, 1.54) is 12.8 Å². The van der Waals surface area contributed by atoms with Gasteiger partial charge in [-0.25, -0.2) is 0 Å². The van der Waals surface area contributed by atoms with Crippen LogP contribution in [0.25, 0.3) is 0 Å². The highest BCUT2D eigenvalue weighted by Gasteiger charge is 2.43. The number of hydrogen-bond acceptors (Lipinski definition) is 2. The molecular weight excluding hydrogens is 184 g/mol. The molecular formula is C13H24N2. The van der Waals surface area contributed by atoms with Crippen molar-refractivity contribution in [3.63, 3.8) is 0 Å². The second kappa shape index (κ2) is 4.99. The Labute approximate surface area is 94.1 Å². The zero-order valence-electron chi connectivity index (χ0n) is 10.5. The van der Waals surface area contributed by atoms with Gasteiger partial charge >= 0.3 is 0 Å². The fourth-order valence-corrected chi connectivity index (χ4v) is 3.10. The zero-order chi connectivity index (χ0) is 11.5. The average molecular weight is 208 g/mol. The van der Waals surface area contributed by atoms with Crippen molar-refractivity contribution < 1.29 is 0 Å². The normalized spacial score (nSPS) is 36.5. The predicted molar refractivity (Wildman–Crippen MR) is 63.4 cm³/mol. The van der Waals surface area contributed by atoms with E-state index in [0.717, 1.165) is 13.0 Å². The van der Waals surface area contributed by atoms with E-state index in [1.54, 1.807) is 0 Å². The van der Waals surface area contributed by atoms with Crippen LogP contribution >= 0.6 is 0 Å². The predicted octanol–water partition coefficient (Wildman–Crippen LogP) is 2.95. The number of nitrogens with one attached hydrogen (secondary N) is 1. The van der Waals surface area contributed by atoms with E-state index in [0.29, 0.717) is 17.8 Å². The molecule has 0 heterocycles. The van der Waals surface area contributed by atoms with Gasteiger partial charge in [0, 0.05) is 0 Å². The van der Waals surface area contributed by atoms with Crippen molar-refractivity contribution in [2.24, 2.45) is 17.8 Å². The number of rotatable bonds is 3. The van der Waals surface area contributed by atoms with E-state index in [-0.39, 0.29) is 5.54 Å². The van der Waals surface area contributed by atoms with Crippen LogP contribution in [0.5, 0.6) is 0 Å². The van der Waals surface area contributed by atoms with Crippen molar-refractivity contribution in [3.05, 3.63) is 0 Å². The van der Waals surface area contributed by atoms with Gasteiger partial charge in [0.05, 0.1) is 6.07 Å². The molecule has 0 saturated heterocycles. The first-order chi connectivity index (χ1) is 7.05. The maximum absolute atomic E-state index is 9.50. The number of nitriles is 1.